The molecule has 4 rings (SSSR count). The van der Waals surface area contributed by atoms with Gasteiger partial charge in [0.1, 0.15) is 6.04 Å². The largest absolute Gasteiger partial charge is 0.406 e. The number of benzene rings is 1. The predicted octanol–water partition coefficient (Wildman–Crippen LogP) is 5.21. The molecule has 0 saturated carbocycles. The van der Waals surface area contributed by atoms with Crippen molar-refractivity contribution in [2.24, 2.45) is 11.3 Å². The minimum atomic E-state index is -0.636. The summed E-state index contributed by atoms with van der Waals surface area (Å²) in [6.07, 6.45) is 2.75. The van der Waals surface area contributed by atoms with Crippen molar-refractivity contribution in [3.63, 3.8) is 0 Å². The zero-order valence-electron chi connectivity index (χ0n) is 19.0. The molecule has 1 aliphatic carbocycles. The molecule has 176 valence electrons. The number of rotatable bonds is 6. The Morgan fingerprint density at radius 3 is 2.76 bits per heavy atom. The molecule has 3 aromatic rings. The first-order valence-electron chi connectivity index (χ1n) is 11.0. The summed E-state index contributed by atoms with van der Waals surface area (Å²) in [5, 5.41) is 15.7. The van der Waals surface area contributed by atoms with Crippen LogP contribution in [0, 0.1) is 11.3 Å². The summed E-state index contributed by atoms with van der Waals surface area (Å²) < 4.78 is 5.63. The van der Waals surface area contributed by atoms with Gasteiger partial charge in [-0.1, -0.05) is 55.5 Å². The Morgan fingerprint density at radius 1 is 1.30 bits per heavy atom. The summed E-state index contributed by atoms with van der Waals surface area (Å²) in [4.78, 5) is 28.3. The lowest BCUT2D eigenvalue weighted by Gasteiger charge is -2.34. The van der Waals surface area contributed by atoms with Crippen LogP contribution in [0.5, 0.6) is 0 Å². The van der Waals surface area contributed by atoms with E-state index in [2.05, 4.69) is 25.8 Å². The molecule has 33 heavy (non-hydrogen) atoms. The maximum Gasteiger partial charge on any atom is 0.322 e. The third-order valence-corrected chi connectivity index (χ3v) is 7.07. The van der Waals surface area contributed by atoms with Gasteiger partial charge in [0.2, 0.25) is 17.7 Å². The second-order valence-electron chi connectivity index (χ2n) is 9.09. The van der Waals surface area contributed by atoms with Crippen molar-refractivity contribution in [1.29, 1.82) is 0 Å². The van der Waals surface area contributed by atoms with Crippen LogP contribution in [0.25, 0.3) is 10.9 Å². The number of aromatic amines is 1. The predicted molar refractivity (Wildman–Crippen MR) is 127 cm³/mol. The first-order valence-corrected chi connectivity index (χ1v) is 11.8. The molecular formula is C23H27Cl2N5O3. The Balaban J connectivity index is 1.60. The molecule has 1 aliphatic rings. The standard InChI is InChI=1S/C23H27Cl2N5O3/c1-5-11(2)18(20-29-30-22(33-20)26-12(3)31)28-21(32)23(4)7-6-17-15(10-23)14-8-13(24)9-16(25)19(14)27-17/h8-9,11,18,27H,5-7,10H2,1-4H3,(H,28,32)(H,26,30,31)/t11?,18-,23+/m0/s1. The zero-order chi connectivity index (χ0) is 23.9. The number of carbonyl (C=O) groups excluding carboxylic acids is 2. The molecule has 0 fully saturated rings. The van der Waals surface area contributed by atoms with Crippen molar-refractivity contribution in [1.82, 2.24) is 20.5 Å². The van der Waals surface area contributed by atoms with Gasteiger partial charge in [0, 0.05) is 23.0 Å². The number of fused-ring (bicyclic) bond motifs is 3. The van der Waals surface area contributed by atoms with Crippen molar-refractivity contribution in [3.8, 4) is 0 Å². The summed E-state index contributed by atoms with van der Waals surface area (Å²) in [6.45, 7) is 7.38. The molecule has 2 aromatic heterocycles. The minimum Gasteiger partial charge on any atom is -0.406 e. The molecule has 2 amide bonds. The average molecular weight is 492 g/mol. The number of aromatic nitrogens is 3. The summed E-state index contributed by atoms with van der Waals surface area (Å²) in [5.74, 6) is -0.0702. The lowest BCUT2D eigenvalue weighted by atomic mass is 9.73. The molecule has 1 unspecified atom stereocenters. The van der Waals surface area contributed by atoms with Gasteiger partial charge >= 0.3 is 6.01 Å². The molecular weight excluding hydrogens is 465 g/mol. The molecule has 0 aliphatic heterocycles. The Labute approximate surface area is 201 Å². The van der Waals surface area contributed by atoms with E-state index in [0.717, 1.165) is 35.0 Å². The number of nitrogens with one attached hydrogen (secondary N) is 3. The lowest BCUT2D eigenvalue weighted by Crippen LogP contribution is -2.45. The van der Waals surface area contributed by atoms with Gasteiger partial charge in [-0.25, -0.2) is 0 Å². The molecule has 2 heterocycles. The first-order chi connectivity index (χ1) is 15.6. The Hall–Kier alpha value is -2.58. The van der Waals surface area contributed by atoms with Crippen molar-refractivity contribution in [2.45, 2.75) is 59.4 Å². The second kappa shape index (κ2) is 8.99. The molecule has 0 spiro atoms. The molecule has 3 N–H and O–H groups in total. The average Bonchev–Trinajstić information content (AvgIpc) is 3.35. The highest BCUT2D eigenvalue weighted by molar-refractivity contribution is 6.38. The van der Waals surface area contributed by atoms with Crippen LogP contribution in [0.15, 0.2) is 16.5 Å². The number of amides is 2. The Morgan fingerprint density at radius 2 is 2.06 bits per heavy atom. The van der Waals surface area contributed by atoms with Crippen molar-refractivity contribution < 1.29 is 14.0 Å². The highest BCUT2D eigenvalue weighted by Gasteiger charge is 2.40. The smallest absolute Gasteiger partial charge is 0.322 e. The molecule has 10 heteroatoms. The maximum absolute atomic E-state index is 13.6. The van der Waals surface area contributed by atoms with Crippen LogP contribution in [0.2, 0.25) is 10.0 Å². The van der Waals surface area contributed by atoms with E-state index in [4.69, 9.17) is 27.6 Å². The Kier molecular flexibility index (Phi) is 6.42. The summed E-state index contributed by atoms with van der Waals surface area (Å²) in [5.41, 5.74) is 2.38. The van der Waals surface area contributed by atoms with Crippen molar-refractivity contribution >= 4 is 51.9 Å². The highest BCUT2D eigenvalue weighted by Crippen LogP contribution is 2.42. The normalized spacial score (nSPS) is 19.7. The number of H-pyrrole nitrogens is 1. The molecule has 3 atom stereocenters. The van der Waals surface area contributed by atoms with E-state index in [1.54, 1.807) is 6.07 Å². The van der Waals surface area contributed by atoms with Crippen LogP contribution in [0.1, 0.15) is 63.7 Å². The fourth-order valence-electron chi connectivity index (χ4n) is 4.38. The van der Waals surface area contributed by atoms with Crippen LogP contribution < -0.4 is 10.6 Å². The van der Waals surface area contributed by atoms with E-state index < -0.39 is 11.5 Å². The molecule has 0 saturated heterocycles. The number of anilines is 1. The number of nitrogens with zero attached hydrogens (tertiary/aromatic N) is 2. The van der Waals surface area contributed by atoms with Crippen LogP contribution in [0.4, 0.5) is 6.01 Å². The molecule has 0 bridgehead atoms. The van der Waals surface area contributed by atoms with Crippen molar-refractivity contribution in [3.05, 3.63) is 39.3 Å². The van der Waals surface area contributed by atoms with Crippen LogP contribution >= 0.6 is 23.2 Å². The topological polar surface area (TPSA) is 113 Å². The van der Waals surface area contributed by atoms with Crippen LogP contribution in [-0.2, 0) is 22.4 Å². The molecule has 1 aromatic carbocycles. The summed E-state index contributed by atoms with van der Waals surface area (Å²) in [6, 6.07) is 3.16. The summed E-state index contributed by atoms with van der Waals surface area (Å²) >= 11 is 12.6. The number of halogens is 2. The van der Waals surface area contributed by atoms with Gasteiger partial charge in [-0.2, -0.15) is 0 Å². The van der Waals surface area contributed by atoms with Gasteiger partial charge in [-0.05, 0) is 42.9 Å². The van der Waals surface area contributed by atoms with Gasteiger partial charge < -0.3 is 14.7 Å². The van der Waals surface area contributed by atoms with Gasteiger partial charge in [0.25, 0.3) is 0 Å². The van der Waals surface area contributed by atoms with E-state index in [-0.39, 0.29) is 29.6 Å². The first kappa shape index (κ1) is 23.6. The van der Waals surface area contributed by atoms with Crippen molar-refractivity contribution in [2.75, 3.05) is 5.32 Å². The number of carbonyl (C=O) groups is 2. The van der Waals surface area contributed by atoms with Gasteiger partial charge in [-0.15, -0.1) is 5.10 Å². The SMILES string of the molecule is CCC(C)[C@H](NC(=O)[C@]1(C)CCc2[nH]c3c(Cl)cc(Cl)cc3c2C1)c1nnc(NC(C)=O)o1. The van der Waals surface area contributed by atoms with E-state index in [0.29, 0.717) is 22.9 Å². The second-order valence-corrected chi connectivity index (χ2v) is 9.94. The maximum atomic E-state index is 13.6. The highest BCUT2D eigenvalue weighted by atomic mass is 35.5. The van der Waals surface area contributed by atoms with E-state index in [9.17, 15) is 9.59 Å². The van der Waals surface area contributed by atoms with Crippen LogP contribution in [0.3, 0.4) is 0 Å². The van der Waals surface area contributed by atoms with E-state index >= 15 is 0 Å². The lowest BCUT2D eigenvalue weighted by molar-refractivity contribution is -0.132. The van der Waals surface area contributed by atoms with Crippen LogP contribution in [-0.4, -0.2) is 27.0 Å². The zero-order valence-corrected chi connectivity index (χ0v) is 20.5. The van der Waals surface area contributed by atoms with E-state index in [1.165, 1.54) is 6.92 Å². The Bertz CT molecular complexity index is 1220. The fraction of sp³-hybridized carbons (Fsp3) is 0.478. The minimum absolute atomic E-state index is 0.0149. The third-order valence-electron chi connectivity index (χ3n) is 6.55. The fourth-order valence-corrected chi connectivity index (χ4v) is 4.92. The number of aryl methyl sites for hydroxylation is 1. The van der Waals surface area contributed by atoms with E-state index in [1.807, 2.05) is 26.8 Å². The van der Waals surface area contributed by atoms with Gasteiger partial charge in [0.15, 0.2) is 0 Å². The number of hydrogen-bond acceptors (Lipinski definition) is 5. The monoisotopic (exact) mass is 491 g/mol. The molecule has 0 radical (unpaired) electrons. The van der Waals surface area contributed by atoms with Gasteiger partial charge in [-0.3, -0.25) is 14.9 Å². The third kappa shape index (κ3) is 4.59. The van der Waals surface area contributed by atoms with Gasteiger partial charge in [0.05, 0.1) is 16.0 Å². The molecule has 8 nitrogen and oxygen atoms in total. The quantitative estimate of drug-likeness (QED) is 0.437. The number of hydrogen-bond donors (Lipinski definition) is 3. The summed E-state index contributed by atoms with van der Waals surface area (Å²) in [7, 11) is 0.